The summed E-state index contributed by atoms with van der Waals surface area (Å²) in [5.74, 6) is 0.0478. The van der Waals surface area contributed by atoms with Crippen LogP contribution in [0, 0.1) is 11.7 Å². The van der Waals surface area contributed by atoms with E-state index in [1.54, 1.807) is 26.2 Å². The molecule has 3 aromatic rings. The molecule has 1 atom stereocenters. The van der Waals surface area contributed by atoms with Gasteiger partial charge in [0.15, 0.2) is 17.6 Å². The summed E-state index contributed by atoms with van der Waals surface area (Å²) in [7, 11) is 3.10. The van der Waals surface area contributed by atoms with E-state index >= 15 is 0 Å². The van der Waals surface area contributed by atoms with Crippen LogP contribution in [-0.2, 0) is 16.1 Å². The summed E-state index contributed by atoms with van der Waals surface area (Å²) in [6.07, 6.45) is 4.83. The Kier molecular flexibility index (Phi) is 5.87. The number of rotatable bonds is 8. The lowest BCUT2D eigenvalue weighted by atomic mass is 10.3. The van der Waals surface area contributed by atoms with Crippen LogP contribution in [-0.4, -0.2) is 69.2 Å². The first-order valence-corrected chi connectivity index (χ1v) is 11.4. The van der Waals surface area contributed by atoms with E-state index in [4.69, 9.17) is 9.47 Å². The van der Waals surface area contributed by atoms with Gasteiger partial charge in [-0.3, -0.25) is 9.59 Å². The van der Waals surface area contributed by atoms with Crippen LogP contribution in [0.3, 0.4) is 0 Å². The zero-order chi connectivity index (χ0) is 24.7. The fourth-order valence-corrected chi connectivity index (χ4v) is 3.78. The Labute approximate surface area is 199 Å². The van der Waals surface area contributed by atoms with Crippen molar-refractivity contribution in [3.8, 4) is 11.6 Å². The van der Waals surface area contributed by atoms with Crippen molar-refractivity contribution in [3.63, 3.8) is 0 Å². The Morgan fingerprint density at radius 3 is 2.71 bits per heavy atom. The molecule has 0 N–H and O–H groups in total. The van der Waals surface area contributed by atoms with Gasteiger partial charge in [0.1, 0.15) is 12.3 Å². The second-order valence-corrected chi connectivity index (χ2v) is 8.94. The normalized spacial score (nSPS) is 17.7. The average molecular weight is 484 g/mol. The summed E-state index contributed by atoms with van der Waals surface area (Å²) < 4.78 is 28.1. The summed E-state index contributed by atoms with van der Waals surface area (Å²) in [6, 6.07) is 4.54. The Hall–Kier alpha value is -3.96. The monoisotopic (exact) mass is 484 g/mol. The van der Waals surface area contributed by atoms with E-state index in [-0.39, 0.29) is 36.2 Å². The van der Waals surface area contributed by atoms with Gasteiger partial charge in [-0.1, -0.05) is 0 Å². The number of carbonyl (C=O) groups is 2. The molecular weight excluding hydrogens is 459 g/mol. The van der Waals surface area contributed by atoms with E-state index in [0.717, 1.165) is 15.1 Å². The van der Waals surface area contributed by atoms with Crippen LogP contribution in [0.4, 0.5) is 10.1 Å². The van der Waals surface area contributed by atoms with Crippen LogP contribution >= 0.6 is 0 Å². The van der Waals surface area contributed by atoms with Gasteiger partial charge in [0, 0.05) is 45.4 Å². The molecule has 2 aliphatic rings. The van der Waals surface area contributed by atoms with Gasteiger partial charge < -0.3 is 19.3 Å². The number of aromatic nitrogens is 4. The van der Waals surface area contributed by atoms with Gasteiger partial charge in [0.25, 0.3) is 5.91 Å². The molecule has 35 heavy (non-hydrogen) atoms. The van der Waals surface area contributed by atoms with E-state index in [1.807, 2.05) is 0 Å². The molecule has 1 aliphatic heterocycles. The van der Waals surface area contributed by atoms with Gasteiger partial charge in [-0.05, 0) is 24.8 Å². The molecule has 184 valence electrons. The highest BCUT2D eigenvalue weighted by molar-refractivity contribution is 5.99. The number of amides is 2. The number of hydrogen-bond acceptors (Lipinski definition) is 7. The van der Waals surface area contributed by atoms with Crippen molar-refractivity contribution in [2.24, 2.45) is 5.92 Å². The number of anilines is 1. The summed E-state index contributed by atoms with van der Waals surface area (Å²) in [4.78, 5) is 44.5. The van der Waals surface area contributed by atoms with Gasteiger partial charge in [0.2, 0.25) is 11.8 Å². The third-order valence-electron chi connectivity index (χ3n) is 6.02. The molecule has 0 aromatic carbocycles. The van der Waals surface area contributed by atoms with Crippen LogP contribution < -0.4 is 20.1 Å². The van der Waals surface area contributed by atoms with E-state index in [1.165, 1.54) is 35.0 Å². The number of carbonyl (C=O) groups excluding carboxylic acids is 2. The summed E-state index contributed by atoms with van der Waals surface area (Å²) in [5.41, 5.74) is -0.695. The van der Waals surface area contributed by atoms with Crippen molar-refractivity contribution < 1.29 is 23.5 Å². The number of nitrogens with zero attached hydrogens (tertiary/aromatic N) is 6. The van der Waals surface area contributed by atoms with Gasteiger partial charge >= 0.3 is 5.69 Å². The Bertz CT molecular complexity index is 1330. The predicted octanol–water partition coefficient (Wildman–Crippen LogP) is 1.09. The van der Waals surface area contributed by atoms with Crippen LogP contribution in [0.15, 0.2) is 35.4 Å². The molecule has 4 heterocycles. The Balaban J connectivity index is 1.30. The van der Waals surface area contributed by atoms with Crippen molar-refractivity contribution in [1.82, 2.24) is 24.1 Å². The molecule has 3 aromatic heterocycles. The topological polar surface area (TPSA) is 111 Å². The Morgan fingerprint density at radius 1 is 1.23 bits per heavy atom. The minimum atomic E-state index is -0.779. The molecule has 2 fully saturated rings. The SMILES string of the molecule is CN(C)C(=O)Cn1nc2c(F)cc(N3CC[C@@H](Oc4ccc(OCC5CC5)nc4)C3=O)cn2c1=O. The molecule has 11 nitrogen and oxygen atoms in total. The highest BCUT2D eigenvalue weighted by Crippen LogP contribution is 2.30. The number of ether oxygens (including phenoxy) is 2. The quantitative estimate of drug-likeness (QED) is 0.471. The molecule has 12 heteroatoms. The van der Waals surface area contributed by atoms with E-state index in [2.05, 4.69) is 10.1 Å². The molecular formula is C23H25FN6O5. The number of likely N-dealkylation sites (N-methyl/N-ethyl adjacent to an activating group) is 1. The number of hydrogen-bond donors (Lipinski definition) is 0. The van der Waals surface area contributed by atoms with E-state index in [9.17, 15) is 18.8 Å². The lowest BCUT2D eigenvalue weighted by molar-refractivity contribution is -0.129. The molecule has 0 bridgehead atoms. The second kappa shape index (κ2) is 9.01. The van der Waals surface area contributed by atoms with Crippen LogP contribution in [0.1, 0.15) is 19.3 Å². The first-order valence-electron chi connectivity index (χ1n) is 11.4. The molecule has 5 rings (SSSR count). The zero-order valence-corrected chi connectivity index (χ0v) is 19.4. The maximum Gasteiger partial charge on any atom is 0.350 e. The maximum atomic E-state index is 14.8. The first kappa shape index (κ1) is 22.8. The minimum Gasteiger partial charge on any atom is -0.479 e. The van der Waals surface area contributed by atoms with Gasteiger partial charge in [-0.2, -0.15) is 0 Å². The summed E-state index contributed by atoms with van der Waals surface area (Å²) in [6.45, 7) is 0.615. The average Bonchev–Trinajstić information content (AvgIpc) is 3.53. The smallest absolute Gasteiger partial charge is 0.350 e. The van der Waals surface area contributed by atoms with Crippen LogP contribution in [0.25, 0.3) is 5.65 Å². The van der Waals surface area contributed by atoms with Crippen LogP contribution in [0.5, 0.6) is 11.6 Å². The van der Waals surface area contributed by atoms with Gasteiger partial charge in [0.05, 0.1) is 18.5 Å². The number of halogens is 1. The van der Waals surface area contributed by atoms with Gasteiger partial charge in [-0.15, -0.1) is 5.10 Å². The number of pyridine rings is 2. The van der Waals surface area contributed by atoms with Crippen molar-refractivity contribution in [1.29, 1.82) is 0 Å². The van der Waals surface area contributed by atoms with E-state index < -0.39 is 17.6 Å². The molecule has 1 saturated heterocycles. The molecule has 0 radical (unpaired) electrons. The Morgan fingerprint density at radius 2 is 2.03 bits per heavy atom. The first-order chi connectivity index (χ1) is 16.8. The molecule has 1 saturated carbocycles. The molecule has 0 unspecified atom stereocenters. The zero-order valence-electron chi connectivity index (χ0n) is 19.4. The third-order valence-corrected chi connectivity index (χ3v) is 6.02. The van der Waals surface area contributed by atoms with Crippen molar-refractivity contribution >= 4 is 23.1 Å². The second-order valence-electron chi connectivity index (χ2n) is 8.94. The lowest BCUT2D eigenvalue weighted by Crippen LogP contribution is -2.33. The fourth-order valence-electron chi connectivity index (χ4n) is 3.78. The van der Waals surface area contributed by atoms with Gasteiger partial charge in [-0.25, -0.2) is 23.3 Å². The maximum absolute atomic E-state index is 14.8. The largest absolute Gasteiger partial charge is 0.479 e. The highest BCUT2D eigenvalue weighted by Gasteiger charge is 2.35. The third kappa shape index (κ3) is 4.68. The number of fused-ring (bicyclic) bond motifs is 1. The molecule has 1 aliphatic carbocycles. The highest BCUT2D eigenvalue weighted by atomic mass is 19.1. The minimum absolute atomic E-state index is 0.202. The van der Waals surface area contributed by atoms with E-state index in [0.29, 0.717) is 30.6 Å². The van der Waals surface area contributed by atoms with Crippen LogP contribution in [0.2, 0.25) is 0 Å². The standard InChI is InChI=1S/C23H25FN6O5/c1-27(2)20(31)12-30-23(33)29-11-15(9-17(24)21(29)26-30)28-8-7-18(22(28)32)35-16-5-6-19(25-10-16)34-13-14-3-4-14/h5-6,9-11,14,18H,3-4,7-8,12-13H2,1-2H3/t18-/m1/s1. The summed E-state index contributed by atoms with van der Waals surface area (Å²) >= 11 is 0. The molecule has 0 spiro atoms. The lowest BCUT2D eigenvalue weighted by Gasteiger charge is -2.17. The van der Waals surface area contributed by atoms with Crippen molar-refractivity contribution in [3.05, 3.63) is 46.9 Å². The predicted molar refractivity (Wildman–Crippen MR) is 122 cm³/mol. The summed E-state index contributed by atoms with van der Waals surface area (Å²) in [5, 5.41) is 3.92. The molecule has 2 amide bonds. The van der Waals surface area contributed by atoms with Crippen molar-refractivity contribution in [2.75, 3.05) is 32.1 Å². The van der Waals surface area contributed by atoms with Crippen molar-refractivity contribution in [2.45, 2.75) is 31.9 Å². The fraction of sp³-hybridized carbons (Fsp3) is 0.435.